The van der Waals surface area contributed by atoms with E-state index in [0.29, 0.717) is 23.5 Å². The lowest BCUT2D eigenvalue weighted by Gasteiger charge is -2.14. The van der Waals surface area contributed by atoms with Crippen LogP contribution in [0.4, 0.5) is 11.4 Å². The summed E-state index contributed by atoms with van der Waals surface area (Å²) in [6, 6.07) is 8.21. The molecule has 0 aliphatic carbocycles. The van der Waals surface area contributed by atoms with Crippen LogP contribution in [-0.2, 0) is 9.53 Å². The summed E-state index contributed by atoms with van der Waals surface area (Å²) in [4.78, 5) is 23.5. The van der Waals surface area contributed by atoms with E-state index in [2.05, 4.69) is 10.6 Å². The largest absolute Gasteiger partial charge is 0.472 e. The number of amides is 1. The van der Waals surface area contributed by atoms with E-state index in [4.69, 9.17) is 9.15 Å². The summed E-state index contributed by atoms with van der Waals surface area (Å²) in [6.07, 6.45) is 2.81. The van der Waals surface area contributed by atoms with Gasteiger partial charge in [-0.2, -0.15) is 0 Å². The van der Waals surface area contributed by atoms with Gasteiger partial charge in [0.05, 0.1) is 18.4 Å². The smallest absolute Gasteiger partial charge is 0.328 e. The van der Waals surface area contributed by atoms with E-state index < -0.39 is 6.04 Å². The van der Waals surface area contributed by atoms with Crippen molar-refractivity contribution in [3.05, 3.63) is 48.4 Å². The molecule has 1 heterocycles. The summed E-state index contributed by atoms with van der Waals surface area (Å²) in [7, 11) is 0. The maximum atomic E-state index is 11.9. The number of carbonyl (C=O) groups excluding carboxylic acids is 2. The third kappa shape index (κ3) is 4.12. The number of rotatable bonds is 6. The van der Waals surface area contributed by atoms with Gasteiger partial charge in [-0.1, -0.05) is 6.07 Å². The first-order valence-electron chi connectivity index (χ1n) is 6.97. The second-order valence-electron chi connectivity index (χ2n) is 4.67. The number of furan rings is 1. The zero-order valence-corrected chi connectivity index (χ0v) is 12.5. The standard InChI is InChI=1S/C16H18N2O4/c1-3-22-16(20)11(2)17-13-5-4-6-14(9-13)18-15(19)12-7-8-21-10-12/h4-11,17H,3H2,1-2H3,(H,18,19)/t11-/m0/s1. The van der Waals surface area contributed by atoms with Crippen LogP contribution in [-0.4, -0.2) is 24.5 Å². The van der Waals surface area contributed by atoms with Crippen LogP contribution in [0, 0.1) is 0 Å². The number of ether oxygens (including phenoxy) is 1. The molecule has 0 aliphatic heterocycles. The highest BCUT2D eigenvalue weighted by Crippen LogP contribution is 2.17. The van der Waals surface area contributed by atoms with E-state index >= 15 is 0 Å². The van der Waals surface area contributed by atoms with E-state index in [9.17, 15) is 9.59 Å². The monoisotopic (exact) mass is 302 g/mol. The third-order valence-corrected chi connectivity index (χ3v) is 2.93. The molecule has 0 aliphatic rings. The van der Waals surface area contributed by atoms with Crippen molar-refractivity contribution in [3.63, 3.8) is 0 Å². The lowest BCUT2D eigenvalue weighted by molar-refractivity contribution is -0.143. The van der Waals surface area contributed by atoms with Gasteiger partial charge in [0, 0.05) is 11.4 Å². The van der Waals surface area contributed by atoms with E-state index in [-0.39, 0.29) is 11.9 Å². The van der Waals surface area contributed by atoms with Crippen molar-refractivity contribution in [3.8, 4) is 0 Å². The second kappa shape index (κ2) is 7.31. The molecule has 6 heteroatoms. The first-order valence-corrected chi connectivity index (χ1v) is 6.97. The summed E-state index contributed by atoms with van der Waals surface area (Å²) in [5.41, 5.74) is 1.77. The van der Waals surface area contributed by atoms with Gasteiger partial charge in [0.15, 0.2) is 0 Å². The Morgan fingerprint density at radius 3 is 2.73 bits per heavy atom. The zero-order valence-electron chi connectivity index (χ0n) is 12.5. The Balaban J connectivity index is 2.01. The Bertz CT molecular complexity index is 637. The average molecular weight is 302 g/mol. The van der Waals surface area contributed by atoms with Gasteiger partial charge in [-0.15, -0.1) is 0 Å². The molecular formula is C16H18N2O4. The summed E-state index contributed by atoms with van der Waals surface area (Å²) in [5.74, 6) is -0.584. The number of esters is 1. The van der Waals surface area contributed by atoms with Crippen LogP contribution in [0.2, 0.25) is 0 Å². The van der Waals surface area contributed by atoms with Gasteiger partial charge >= 0.3 is 5.97 Å². The minimum absolute atomic E-state index is 0.260. The molecule has 2 rings (SSSR count). The maximum absolute atomic E-state index is 11.9. The molecule has 0 spiro atoms. The van der Waals surface area contributed by atoms with E-state index in [1.54, 1.807) is 38.1 Å². The van der Waals surface area contributed by atoms with Gasteiger partial charge in [-0.05, 0) is 38.1 Å². The number of anilines is 2. The fraction of sp³-hybridized carbons (Fsp3) is 0.250. The van der Waals surface area contributed by atoms with Crippen LogP contribution in [0.15, 0.2) is 47.3 Å². The quantitative estimate of drug-likeness (QED) is 0.802. The highest BCUT2D eigenvalue weighted by Gasteiger charge is 2.14. The van der Waals surface area contributed by atoms with Crippen LogP contribution in [0.5, 0.6) is 0 Å². The van der Waals surface area contributed by atoms with Crippen LogP contribution in [0.25, 0.3) is 0 Å². The topological polar surface area (TPSA) is 80.6 Å². The minimum atomic E-state index is -0.472. The average Bonchev–Trinajstić information content (AvgIpc) is 3.02. The predicted octanol–water partition coefficient (Wildman–Crippen LogP) is 2.90. The van der Waals surface area contributed by atoms with Gasteiger partial charge in [0.25, 0.3) is 5.91 Å². The molecule has 6 nitrogen and oxygen atoms in total. The molecule has 1 aromatic carbocycles. The van der Waals surface area contributed by atoms with Gasteiger partial charge in [0.2, 0.25) is 0 Å². The Hall–Kier alpha value is -2.76. The number of carbonyl (C=O) groups is 2. The summed E-state index contributed by atoms with van der Waals surface area (Å²) in [6.45, 7) is 3.82. The molecule has 116 valence electrons. The van der Waals surface area contributed by atoms with Crippen molar-refractivity contribution in [2.45, 2.75) is 19.9 Å². The van der Waals surface area contributed by atoms with Crippen molar-refractivity contribution < 1.29 is 18.7 Å². The first-order chi connectivity index (χ1) is 10.6. The fourth-order valence-electron chi connectivity index (χ4n) is 1.86. The lowest BCUT2D eigenvalue weighted by atomic mass is 10.2. The summed E-state index contributed by atoms with van der Waals surface area (Å²) >= 11 is 0. The number of nitrogens with one attached hydrogen (secondary N) is 2. The molecule has 0 saturated heterocycles. The molecule has 0 bridgehead atoms. The van der Waals surface area contributed by atoms with Crippen molar-refractivity contribution in [2.24, 2.45) is 0 Å². The van der Waals surface area contributed by atoms with Crippen LogP contribution < -0.4 is 10.6 Å². The SMILES string of the molecule is CCOC(=O)[C@H](C)Nc1cccc(NC(=O)c2ccoc2)c1. The first kappa shape index (κ1) is 15.6. The van der Waals surface area contributed by atoms with Crippen molar-refractivity contribution >= 4 is 23.3 Å². The van der Waals surface area contributed by atoms with Crippen LogP contribution in [0.3, 0.4) is 0 Å². The minimum Gasteiger partial charge on any atom is -0.472 e. The Morgan fingerprint density at radius 1 is 1.27 bits per heavy atom. The Labute approximate surface area is 128 Å². The molecule has 0 radical (unpaired) electrons. The molecule has 0 unspecified atom stereocenters. The molecule has 0 fully saturated rings. The molecule has 2 aromatic rings. The molecule has 1 aromatic heterocycles. The van der Waals surface area contributed by atoms with Crippen molar-refractivity contribution in [1.29, 1.82) is 0 Å². The lowest BCUT2D eigenvalue weighted by Crippen LogP contribution is -2.28. The van der Waals surface area contributed by atoms with Gasteiger partial charge in [-0.25, -0.2) is 4.79 Å². The van der Waals surface area contributed by atoms with E-state index in [0.717, 1.165) is 0 Å². The fourth-order valence-corrected chi connectivity index (χ4v) is 1.86. The van der Waals surface area contributed by atoms with Crippen molar-refractivity contribution in [1.82, 2.24) is 0 Å². The Kier molecular flexibility index (Phi) is 5.19. The highest BCUT2D eigenvalue weighted by atomic mass is 16.5. The predicted molar refractivity (Wildman–Crippen MR) is 82.8 cm³/mol. The number of hydrogen-bond acceptors (Lipinski definition) is 5. The van der Waals surface area contributed by atoms with E-state index in [1.165, 1.54) is 12.5 Å². The van der Waals surface area contributed by atoms with Gasteiger partial charge in [-0.3, -0.25) is 4.79 Å². The summed E-state index contributed by atoms with van der Waals surface area (Å²) in [5, 5.41) is 5.79. The molecule has 1 atom stereocenters. The molecular weight excluding hydrogens is 284 g/mol. The van der Waals surface area contributed by atoms with Gasteiger partial charge in [0.1, 0.15) is 12.3 Å². The normalized spacial score (nSPS) is 11.5. The van der Waals surface area contributed by atoms with Gasteiger partial charge < -0.3 is 19.8 Å². The van der Waals surface area contributed by atoms with E-state index in [1.807, 2.05) is 6.07 Å². The molecule has 2 N–H and O–H groups in total. The third-order valence-electron chi connectivity index (χ3n) is 2.93. The number of benzene rings is 1. The zero-order chi connectivity index (χ0) is 15.9. The molecule has 0 saturated carbocycles. The Morgan fingerprint density at radius 2 is 2.05 bits per heavy atom. The van der Waals surface area contributed by atoms with Crippen LogP contribution in [0.1, 0.15) is 24.2 Å². The number of hydrogen-bond donors (Lipinski definition) is 2. The van der Waals surface area contributed by atoms with Crippen molar-refractivity contribution in [2.75, 3.05) is 17.2 Å². The molecule has 1 amide bonds. The molecule has 22 heavy (non-hydrogen) atoms. The second-order valence-corrected chi connectivity index (χ2v) is 4.67. The maximum Gasteiger partial charge on any atom is 0.328 e. The van der Waals surface area contributed by atoms with Crippen LogP contribution >= 0.6 is 0 Å². The highest BCUT2D eigenvalue weighted by molar-refractivity contribution is 6.04. The summed E-state index contributed by atoms with van der Waals surface area (Å²) < 4.78 is 9.81.